The zero-order valence-corrected chi connectivity index (χ0v) is 12.5. The molecule has 0 atom stereocenters. The number of nitrogens with two attached hydrogens (primary N) is 2. The second-order valence-corrected chi connectivity index (χ2v) is 4.77. The lowest BCUT2D eigenvalue weighted by molar-refractivity contribution is -0.140. The first-order valence-corrected chi connectivity index (χ1v) is 6.92. The Morgan fingerprint density at radius 1 is 0.909 bits per heavy atom. The van der Waals surface area contributed by atoms with Crippen LogP contribution in [0.25, 0.3) is 0 Å². The highest BCUT2D eigenvalue weighted by Gasteiger charge is 2.13. The Balaban J connectivity index is 4.27. The number of nitrogens with zero attached hydrogens (tertiary/aromatic N) is 2. The maximum absolute atomic E-state index is 10.8. The molecule has 1 amide bonds. The molecule has 0 aromatic heterocycles. The monoisotopic (exact) mass is 319 g/mol. The number of hydrogen-bond donors (Lipinski definition) is 5. The van der Waals surface area contributed by atoms with Crippen LogP contribution in [0, 0.1) is 0 Å². The van der Waals surface area contributed by atoms with Crippen LogP contribution in [0.5, 0.6) is 0 Å². The van der Waals surface area contributed by atoms with Crippen molar-refractivity contribution in [3.05, 3.63) is 0 Å². The van der Waals surface area contributed by atoms with E-state index >= 15 is 0 Å². The van der Waals surface area contributed by atoms with Crippen molar-refractivity contribution in [3.63, 3.8) is 0 Å². The van der Waals surface area contributed by atoms with E-state index in [0.717, 1.165) is 0 Å². The number of hydrogen-bond acceptors (Lipinski definition) is 7. The molecule has 0 saturated heterocycles. The van der Waals surface area contributed by atoms with Crippen molar-refractivity contribution in [3.8, 4) is 0 Å². The predicted molar refractivity (Wildman–Crippen MR) is 79.3 cm³/mol. The highest BCUT2D eigenvalue weighted by molar-refractivity contribution is 5.75. The van der Waals surface area contributed by atoms with E-state index in [4.69, 9.17) is 21.7 Å². The molecular formula is C12H25N5O5. The molecular weight excluding hydrogens is 294 g/mol. The third kappa shape index (κ3) is 12.0. The van der Waals surface area contributed by atoms with Gasteiger partial charge in [0.05, 0.1) is 19.6 Å². The third-order valence-corrected chi connectivity index (χ3v) is 2.80. The Hall–Kier alpha value is -1.75. The number of carboxylic acids is 2. The van der Waals surface area contributed by atoms with Gasteiger partial charge in [0.25, 0.3) is 0 Å². The van der Waals surface area contributed by atoms with Crippen LogP contribution in [-0.2, 0) is 14.4 Å². The topological polar surface area (TPSA) is 162 Å². The molecule has 22 heavy (non-hydrogen) atoms. The normalized spacial score (nSPS) is 11.0. The molecule has 0 aliphatic rings. The minimum Gasteiger partial charge on any atom is -0.480 e. The van der Waals surface area contributed by atoms with Crippen LogP contribution < -0.4 is 16.8 Å². The summed E-state index contributed by atoms with van der Waals surface area (Å²) in [6, 6.07) is 0. The number of carboxylic acid groups (broad SMARTS) is 2. The second-order valence-electron chi connectivity index (χ2n) is 4.77. The molecule has 10 heteroatoms. The quantitative estimate of drug-likeness (QED) is 0.207. The predicted octanol–water partition coefficient (Wildman–Crippen LogP) is -3.21. The molecule has 0 rings (SSSR count). The van der Waals surface area contributed by atoms with Gasteiger partial charge in [-0.15, -0.1) is 0 Å². The van der Waals surface area contributed by atoms with Gasteiger partial charge < -0.3 is 27.0 Å². The summed E-state index contributed by atoms with van der Waals surface area (Å²) in [6.07, 6.45) is 0. The number of aliphatic carboxylic acids is 2. The van der Waals surface area contributed by atoms with E-state index in [1.807, 2.05) is 0 Å². The number of nitrogens with one attached hydrogen (secondary N) is 1. The SMILES string of the molecule is NCCN(CCN(CCNCC(N)=O)CC(=O)O)CC(=O)O. The fraction of sp³-hybridized carbons (Fsp3) is 0.750. The molecule has 0 heterocycles. The molecule has 0 unspecified atom stereocenters. The zero-order chi connectivity index (χ0) is 17.0. The average Bonchev–Trinajstić information content (AvgIpc) is 2.39. The summed E-state index contributed by atoms with van der Waals surface area (Å²) < 4.78 is 0. The molecule has 0 aliphatic carbocycles. The van der Waals surface area contributed by atoms with E-state index in [1.165, 1.54) is 0 Å². The van der Waals surface area contributed by atoms with Crippen molar-refractivity contribution < 1.29 is 24.6 Å². The van der Waals surface area contributed by atoms with Gasteiger partial charge in [-0.1, -0.05) is 0 Å². The highest BCUT2D eigenvalue weighted by atomic mass is 16.4. The van der Waals surface area contributed by atoms with Gasteiger partial charge in [-0.3, -0.25) is 24.2 Å². The number of carbonyl (C=O) groups excluding carboxylic acids is 1. The third-order valence-electron chi connectivity index (χ3n) is 2.80. The number of amides is 1. The van der Waals surface area contributed by atoms with Crippen LogP contribution in [0.4, 0.5) is 0 Å². The number of primary amides is 1. The summed E-state index contributed by atoms with van der Waals surface area (Å²) in [5.74, 6) is -2.42. The van der Waals surface area contributed by atoms with Crippen LogP contribution in [0.1, 0.15) is 0 Å². The second kappa shape index (κ2) is 11.9. The van der Waals surface area contributed by atoms with Gasteiger partial charge in [-0.25, -0.2) is 0 Å². The van der Waals surface area contributed by atoms with Gasteiger partial charge in [0.2, 0.25) is 5.91 Å². The van der Waals surface area contributed by atoms with E-state index in [2.05, 4.69) is 5.32 Å². The van der Waals surface area contributed by atoms with E-state index in [-0.39, 0.29) is 19.6 Å². The minimum absolute atomic E-state index is 0.0270. The molecule has 0 bridgehead atoms. The van der Waals surface area contributed by atoms with Gasteiger partial charge in [-0.2, -0.15) is 0 Å². The zero-order valence-electron chi connectivity index (χ0n) is 12.5. The average molecular weight is 319 g/mol. The van der Waals surface area contributed by atoms with Crippen molar-refractivity contribution in [1.82, 2.24) is 15.1 Å². The molecule has 0 fully saturated rings. The lowest BCUT2D eigenvalue weighted by Crippen LogP contribution is -2.44. The Kier molecular flexibility index (Phi) is 10.9. The van der Waals surface area contributed by atoms with Crippen molar-refractivity contribution in [2.24, 2.45) is 11.5 Å². The van der Waals surface area contributed by atoms with Gasteiger partial charge in [0.1, 0.15) is 0 Å². The summed E-state index contributed by atoms with van der Waals surface area (Å²) in [5, 5.41) is 20.5. The number of carbonyl (C=O) groups is 3. The van der Waals surface area contributed by atoms with Crippen molar-refractivity contribution in [2.75, 3.05) is 58.9 Å². The lowest BCUT2D eigenvalue weighted by Gasteiger charge is -2.25. The summed E-state index contributed by atoms with van der Waals surface area (Å²) in [6.45, 7) is 2.07. The van der Waals surface area contributed by atoms with E-state index in [0.29, 0.717) is 39.3 Å². The van der Waals surface area contributed by atoms with E-state index < -0.39 is 17.8 Å². The molecule has 0 aromatic rings. The van der Waals surface area contributed by atoms with E-state index in [9.17, 15) is 14.4 Å². The van der Waals surface area contributed by atoms with Crippen LogP contribution in [0.2, 0.25) is 0 Å². The molecule has 0 spiro atoms. The van der Waals surface area contributed by atoms with Gasteiger partial charge in [-0.05, 0) is 0 Å². The smallest absolute Gasteiger partial charge is 0.317 e. The highest BCUT2D eigenvalue weighted by Crippen LogP contribution is 1.93. The van der Waals surface area contributed by atoms with Crippen LogP contribution in [0.3, 0.4) is 0 Å². The largest absolute Gasteiger partial charge is 0.480 e. The molecule has 7 N–H and O–H groups in total. The van der Waals surface area contributed by atoms with Gasteiger partial charge in [0, 0.05) is 39.3 Å². The lowest BCUT2D eigenvalue weighted by atomic mass is 10.3. The summed E-state index contributed by atoms with van der Waals surface area (Å²) >= 11 is 0. The summed E-state index contributed by atoms with van der Waals surface area (Å²) in [5.41, 5.74) is 10.4. The molecule has 0 saturated carbocycles. The van der Waals surface area contributed by atoms with Crippen molar-refractivity contribution in [2.45, 2.75) is 0 Å². The first kappa shape index (κ1) is 20.2. The van der Waals surface area contributed by atoms with Crippen LogP contribution >= 0.6 is 0 Å². The molecule has 0 aliphatic heterocycles. The molecule has 128 valence electrons. The number of rotatable bonds is 14. The first-order chi connectivity index (χ1) is 10.3. The van der Waals surface area contributed by atoms with E-state index in [1.54, 1.807) is 9.80 Å². The molecule has 10 nitrogen and oxygen atoms in total. The maximum Gasteiger partial charge on any atom is 0.317 e. The fourth-order valence-corrected chi connectivity index (χ4v) is 1.84. The Morgan fingerprint density at radius 3 is 1.82 bits per heavy atom. The Morgan fingerprint density at radius 2 is 1.41 bits per heavy atom. The standard InChI is InChI=1S/C12H25N5O5/c13-1-3-16(8-11(19)20)5-6-17(9-12(21)22)4-2-15-7-10(14)18/h15H,1-9,13H2,(H2,14,18)(H,19,20)(H,21,22). The maximum atomic E-state index is 10.8. The van der Waals surface area contributed by atoms with Crippen LogP contribution in [0.15, 0.2) is 0 Å². The van der Waals surface area contributed by atoms with Crippen molar-refractivity contribution >= 4 is 17.8 Å². The Labute approximate surface area is 129 Å². The molecule has 0 aromatic carbocycles. The summed E-state index contributed by atoms with van der Waals surface area (Å²) in [4.78, 5) is 35.5. The Bertz CT molecular complexity index is 366. The summed E-state index contributed by atoms with van der Waals surface area (Å²) in [7, 11) is 0. The van der Waals surface area contributed by atoms with Gasteiger partial charge in [0.15, 0.2) is 0 Å². The molecule has 0 radical (unpaired) electrons. The van der Waals surface area contributed by atoms with Crippen LogP contribution in [-0.4, -0.2) is 96.8 Å². The van der Waals surface area contributed by atoms with Gasteiger partial charge >= 0.3 is 11.9 Å². The fourth-order valence-electron chi connectivity index (χ4n) is 1.84. The van der Waals surface area contributed by atoms with Crippen molar-refractivity contribution in [1.29, 1.82) is 0 Å². The first-order valence-electron chi connectivity index (χ1n) is 6.92. The minimum atomic E-state index is -0.974.